The first-order valence-corrected chi connectivity index (χ1v) is 11.4. The molecule has 4 aromatic rings. The Morgan fingerprint density at radius 2 is 1.87 bits per heavy atom. The normalized spacial score (nSPS) is 11.5. The molecule has 0 aliphatic rings. The van der Waals surface area contributed by atoms with Gasteiger partial charge in [-0.25, -0.2) is 4.98 Å². The Morgan fingerprint density at radius 1 is 1.07 bits per heavy atom. The average Bonchev–Trinajstić information content (AvgIpc) is 3.36. The minimum atomic E-state index is 0.313. The van der Waals surface area contributed by atoms with Crippen LogP contribution < -0.4 is 4.74 Å². The van der Waals surface area contributed by atoms with Crippen molar-refractivity contribution in [3.63, 3.8) is 0 Å². The fourth-order valence-electron chi connectivity index (χ4n) is 3.42. The Labute approximate surface area is 185 Å². The summed E-state index contributed by atoms with van der Waals surface area (Å²) in [7, 11) is 0. The van der Waals surface area contributed by atoms with Crippen LogP contribution in [0, 0.1) is 0 Å². The van der Waals surface area contributed by atoms with Crippen LogP contribution in [0.15, 0.2) is 60.0 Å². The van der Waals surface area contributed by atoms with Gasteiger partial charge in [-0.2, -0.15) is 0 Å². The number of pyridine rings is 1. The van der Waals surface area contributed by atoms with Crippen molar-refractivity contribution in [2.45, 2.75) is 50.2 Å². The van der Waals surface area contributed by atoms with E-state index >= 15 is 0 Å². The highest BCUT2D eigenvalue weighted by Gasteiger charge is 2.20. The predicted octanol–water partition coefficient (Wildman–Crippen LogP) is 5.81. The van der Waals surface area contributed by atoms with E-state index in [1.54, 1.807) is 11.8 Å². The standard InChI is InChI=1S/C22H24ClN5OS/c1-3-17(4-2)28-21(14-29-19-10-6-5-9-18(19)23)25-26-22(28)30-15-16-13-27-12-8-7-11-20(27)24-16/h5-13,17H,3-4,14-15H2,1-2H3. The van der Waals surface area contributed by atoms with Crippen LogP contribution in [0.5, 0.6) is 5.75 Å². The van der Waals surface area contributed by atoms with Crippen molar-refractivity contribution in [3.05, 3.63) is 71.4 Å². The molecule has 0 radical (unpaired) electrons. The average molecular weight is 442 g/mol. The van der Waals surface area contributed by atoms with Gasteiger partial charge in [-0.1, -0.05) is 55.4 Å². The van der Waals surface area contributed by atoms with Crippen LogP contribution in [0.2, 0.25) is 5.02 Å². The van der Waals surface area contributed by atoms with E-state index in [1.165, 1.54) is 0 Å². The van der Waals surface area contributed by atoms with E-state index in [-0.39, 0.29) is 0 Å². The Hall–Kier alpha value is -2.51. The van der Waals surface area contributed by atoms with Crippen molar-refractivity contribution in [2.24, 2.45) is 0 Å². The SMILES string of the molecule is CCC(CC)n1c(COc2ccccc2Cl)nnc1SCc1cn2ccccc2n1. The molecule has 3 aromatic heterocycles. The Bertz CT molecular complexity index is 1090. The minimum Gasteiger partial charge on any atom is -0.484 e. The van der Waals surface area contributed by atoms with Crippen molar-refractivity contribution < 1.29 is 4.74 Å². The third-order valence-corrected chi connectivity index (χ3v) is 6.29. The summed E-state index contributed by atoms with van der Waals surface area (Å²) in [4.78, 5) is 4.68. The molecule has 0 atom stereocenters. The number of nitrogens with zero attached hydrogens (tertiary/aromatic N) is 5. The topological polar surface area (TPSA) is 57.2 Å². The molecule has 0 amide bonds. The molecule has 0 bridgehead atoms. The second kappa shape index (κ2) is 9.53. The zero-order valence-corrected chi connectivity index (χ0v) is 18.6. The smallest absolute Gasteiger partial charge is 0.191 e. The fraction of sp³-hybridized carbons (Fsp3) is 0.318. The van der Waals surface area contributed by atoms with E-state index in [0.717, 1.165) is 40.9 Å². The van der Waals surface area contributed by atoms with Crippen LogP contribution in [-0.4, -0.2) is 24.1 Å². The van der Waals surface area contributed by atoms with Crippen molar-refractivity contribution in [1.82, 2.24) is 24.1 Å². The molecule has 1 aromatic carbocycles. The van der Waals surface area contributed by atoms with Gasteiger partial charge in [0.25, 0.3) is 0 Å². The van der Waals surface area contributed by atoms with Gasteiger partial charge in [0.1, 0.15) is 18.0 Å². The summed E-state index contributed by atoms with van der Waals surface area (Å²) >= 11 is 7.87. The van der Waals surface area contributed by atoms with Crippen LogP contribution >= 0.6 is 23.4 Å². The summed E-state index contributed by atoms with van der Waals surface area (Å²) < 4.78 is 10.2. The lowest BCUT2D eigenvalue weighted by Crippen LogP contribution is -2.14. The maximum Gasteiger partial charge on any atom is 0.191 e. The van der Waals surface area contributed by atoms with E-state index < -0.39 is 0 Å². The number of rotatable bonds is 9. The number of ether oxygens (including phenoxy) is 1. The summed E-state index contributed by atoms with van der Waals surface area (Å²) in [5.74, 6) is 2.18. The lowest BCUT2D eigenvalue weighted by Gasteiger charge is -2.19. The van der Waals surface area contributed by atoms with E-state index in [9.17, 15) is 0 Å². The molecule has 0 saturated carbocycles. The van der Waals surface area contributed by atoms with Gasteiger partial charge in [-0.3, -0.25) is 0 Å². The van der Waals surface area contributed by atoms with Gasteiger partial charge in [-0.05, 0) is 37.1 Å². The van der Waals surface area contributed by atoms with E-state index in [1.807, 2.05) is 53.1 Å². The first-order valence-electron chi connectivity index (χ1n) is 10.1. The van der Waals surface area contributed by atoms with E-state index in [2.05, 4.69) is 39.8 Å². The maximum absolute atomic E-state index is 6.22. The zero-order valence-electron chi connectivity index (χ0n) is 17.0. The first kappa shape index (κ1) is 20.8. The molecular weight excluding hydrogens is 418 g/mol. The summed E-state index contributed by atoms with van der Waals surface area (Å²) in [6.45, 7) is 4.69. The van der Waals surface area contributed by atoms with E-state index in [4.69, 9.17) is 16.3 Å². The molecule has 30 heavy (non-hydrogen) atoms. The van der Waals surface area contributed by atoms with Crippen LogP contribution in [0.1, 0.15) is 44.2 Å². The lowest BCUT2D eigenvalue weighted by atomic mass is 10.2. The lowest BCUT2D eigenvalue weighted by molar-refractivity contribution is 0.278. The number of halogens is 1. The molecule has 0 aliphatic carbocycles. The second-order valence-corrected chi connectivity index (χ2v) is 8.29. The molecule has 0 aliphatic heterocycles. The monoisotopic (exact) mass is 441 g/mol. The Balaban J connectivity index is 1.53. The molecule has 8 heteroatoms. The van der Waals surface area contributed by atoms with Crippen LogP contribution in [0.4, 0.5) is 0 Å². The summed E-state index contributed by atoms with van der Waals surface area (Å²) in [5, 5.41) is 10.4. The number of aromatic nitrogens is 5. The van der Waals surface area contributed by atoms with Gasteiger partial charge in [0.05, 0.1) is 10.7 Å². The Morgan fingerprint density at radius 3 is 2.63 bits per heavy atom. The fourth-order valence-corrected chi connectivity index (χ4v) is 4.52. The molecule has 0 spiro atoms. The molecule has 0 fully saturated rings. The molecule has 0 unspecified atom stereocenters. The quantitative estimate of drug-likeness (QED) is 0.307. The largest absolute Gasteiger partial charge is 0.484 e. The van der Waals surface area contributed by atoms with Crippen molar-refractivity contribution in [1.29, 1.82) is 0 Å². The van der Waals surface area contributed by atoms with Gasteiger partial charge >= 0.3 is 0 Å². The van der Waals surface area contributed by atoms with Crippen LogP contribution in [0.25, 0.3) is 5.65 Å². The highest BCUT2D eigenvalue weighted by molar-refractivity contribution is 7.98. The van der Waals surface area contributed by atoms with Crippen LogP contribution in [0.3, 0.4) is 0 Å². The number of imidazole rings is 1. The van der Waals surface area contributed by atoms with Crippen molar-refractivity contribution in [2.75, 3.05) is 0 Å². The molecule has 0 N–H and O–H groups in total. The summed E-state index contributed by atoms with van der Waals surface area (Å²) in [6, 6.07) is 13.8. The number of fused-ring (bicyclic) bond motifs is 1. The number of benzene rings is 1. The zero-order chi connectivity index (χ0) is 20.9. The van der Waals surface area contributed by atoms with Gasteiger partial charge < -0.3 is 13.7 Å². The van der Waals surface area contributed by atoms with Gasteiger partial charge in [-0.15, -0.1) is 10.2 Å². The van der Waals surface area contributed by atoms with Gasteiger partial charge in [0.2, 0.25) is 0 Å². The molecule has 156 valence electrons. The van der Waals surface area contributed by atoms with E-state index in [0.29, 0.717) is 23.4 Å². The second-order valence-electron chi connectivity index (χ2n) is 6.95. The summed E-state index contributed by atoms with van der Waals surface area (Å²) in [5.41, 5.74) is 1.96. The molecule has 4 rings (SSSR count). The third kappa shape index (κ3) is 4.47. The predicted molar refractivity (Wildman–Crippen MR) is 120 cm³/mol. The third-order valence-electron chi connectivity index (χ3n) is 5.00. The minimum absolute atomic E-state index is 0.313. The van der Waals surface area contributed by atoms with Gasteiger partial charge in [0.15, 0.2) is 11.0 Å². The first-order chi connectivity index (χ1) is 14.7. The molecule has 0 saturated heterocycles. The highest BCUT2D eigenvalue weighted by atomic mass is 35.5. The van der Waals surface area contributed by atoms with Crippen molar-refractivity contribution in [3.8, 4) is 5.75 Å². The molecule has 6 nitrogen and oxygen atoms in total. The number of para-hydroxylation sites is 1. The molecule has 3 heterocycles. The number of thioether (sulfide) groups is 1. The Kier molecular flexibility index (Phi) is 6.59. The maximum atomic E-state index is 6.22. The summed E-state index contributed by atoms with van der Waals surface area (Å²) in [6.07, 6.45) is 6.06. The number of hydrogen-bond acceptors (Lipinski definition) is 5. The van der Waals surface area contributed by atoms with Crippen molar-refractivity contribution >= 4 is 29.0 Å². The van der Waals surface area contributed by atoms with Gasteiger partial charge in [0, 0.05) is 24.2 Å². The highest BCUT2D eigenvalue weighted by Crippen LogP contribution is 2.29. The number of hydrogen-bond donors (Lipinski definition) is 0. The molecular formula is C22H24ClN5OS. The van der Waals surface area contributed by atoms with Crippen LogP contribution in [-0.2, 0) is 12.4 Å².